The van der Waals surface area contributed by atoms with Crippen LogP contribution in [0.1, 0.15) is 76.7 Å². The number of nitrogens with zero attached hydrogens (tertiary/aromatic N) is 2. The quantitative estimate of drug-likeness (QED) is 0.528. The molecule has 1 saturated heterocycles. The first-order valence-electron chi connectivity index (χ1n) is 11.8. The Hall–Kier alpha value is -0.930. The van der Waals surface area contributed by atoms with Crippen molar-refractivity contribution in [1.29, 1.82) is 0 Å². The van der Waals surface area contributed by atoms with Crippen LogP contribution < -0.4 is 9.64 Å². The first-order chi connectivity index (χ1) is 13.7. The van der Waals surface area contributed by atoms with Gasteiger partial charge in [0.2, 0.25) is 0 Å². The van der Waals surface area contributed by atoms with Gasteiger partial charge in [-0.15, -0.1) is 12.4 Å². The second-order valence-corrected chi connectivity index (χ2v) is 9.64. The highest BCUT2D eigenvalue weighted by Crippen LogP contribution is 2.49. The summed E-state index contributed by atoms with van der Waals surface area (Å²) in [6.07, 6.45) is 11.1. The first kappa shape index (κ1) is 22.7. The molecule has 0 unspecified atom stereocenters. The summed E-state index contributed by atoms with van der Waals surface area (Å²) in [7, 11) is 1.80. The Morgan fingerprint density at radius 3 is 2.17 bits per heavy atom. The van der Waals surface area contributed by atoms with Gasteiger partial charge in [-0.1, -0.05) is 32.8 Å². The van der Waals surface area contributed by atoms with E-state index in [9.17, 15) is 0 Å². The van der Waals surface area contributed by atoms with Gasteiger partial charge in [0.25, 0.3) is 0 Å². The summed E-state index contributed by atoms with van der Waals surface area (Å²) in [5, 5.41) is 0. The smallest absolute Gasteiger partial charge is 0.120 e. The van der Waals surface area contributed by atoms with Gasteiger partial charge in [-0.3, -0.25) is 4.90 Å². The zero-order valence-corrected chi connectivity index (χ0v) is 19.6. The molecule has 164 valence electrons. The molecule has 1 heterocycles. The van der Waals surface area contributed by atoms with E-state index >= 15 is 0 Å². The van der Waals surface area contributed by atoms with E-state index in [1.165, 1.54) is 76.7 Å². The maximum absolute atomic E-state index is 5.60. The normalized spacial score (nSPS) is 22.9. The third kappa shape index (κ3) is 5.22. The molecule has 4 heteroatoms. The molecular weight excluding hydrogens is 380 g/mol. The fourth-order valence-electron chi connectivity index (χ4n) is 5.60. The van der Waals surface area contributed by atoms with Gasteiger partial charge in [0.15, 0.2) is 0 Å². The Morgan fingerprint density at radius 2 is 1.62 bits per heavy atom. The zero-order chi connectivity index (χ0) is 19.6. The van der Waals surface area contributed by atoms with E-state index in [-0.39, 0.29) is 12.4 Å². The number of rotatable bonds is 7. The summed E-state index contributed by atoms with van der Waals surface area (Å²) < 4.78 is 5.60. The molecular formula is C25H41ClN2O. The molecule has 1 aromatic rings. The number of anilines is 1. The summed E-state index contributed by atoms with van der Waals surface area (Å²) >= 11 is 0. The van der Waals surface area contributed by atoms with Crippen LogP contribution in [0.2, 0.25) is 0 Å². The van der Waals surface area contributed by atoms with E-state index in [0.29, 0.717) is 5.41 Å². The molecule has 29 heavy (non-hydrogen) atoms. The van der Waals surface area contributed by atoms with Crippen molar-refractivity contribution in [1.82, 2.24) is 4.90 Å². The molecule has 3 fully saturated rings. The van der Waals surface area contributed by atoms with E-state index in [1.54, 1.807) is 12.7 Å². The van der Waals surface area contributed by atoms with E-state index in [0.717, 1.165) is 30.7 Å². The van der Waals surface area contributed by atoms with Gasteiger partial charge in [-0.2, -0.15) is 0 Å². The molecule has 0 N–H and O–H groups in total. The van der Waals surface area contributed by atoms with Crippen molar-refractivity contribution in [3.63, 3.8) is 0 Å². The Labute approximate surface area is 184 Å². The number of halogens is 1. The van der Waals surface area contributed by atoms with Crippen LogP contribution in [-0.4, -0.2) is 44.7 Å². The highest BCUT2D eigenvalue weighted by Gasteiger charge is 2.34. The van der Waals surface area contributed by atoms with Crippen LogP contribution in [0.25, 0.3) is 0 Å². The summed E-state index contributed by atoms with van der Waals surface area (Å²) in [5.74, 6) is 2.72. The van der Waals surface area contributed by atoms with Gasteiger partial charge in [0.1, 0.15) is 5.75 Å². The third-order valence-electron chi connectivity index (χ3n) is 8.15. The minimum atomic E-state index is 0. The molecule has 0 atom stereocenters. The molecule has 4 rings (SSSR count). The maximum atomic E-state index is 5.60. The highest BCUT2D eigenvalue weighted by molar-refractivity contribution is 5.85. The van der Waals surface area contributed by atoms with Crippen molar-refractivity contribution in [3.05, 3.63) is 23.8 Å². The summed E-state index contributed by atoms with van der Waals surface area (Å²) in [4.78, 5) is 5.33. The minimum Gasteiger partial charge on any atom is -0.497 e. The largest absolute Gasteiger partial charge is 0.497 e. The molecule has 3 nitrogen and oxygen atoms in total. The van der Waals surface area contributed by atoms with Crippen molar-refractivity contribution >= 4 is 18.1 Å². The molecule has 3 aliphatic rings. The van der Waals surface area contributed by atoms with Crippen LogP contribution in [0.15, 0.2) is 18.2 Å². The van der Waals surface area contributed by atoms with Gasteiger partial charge >= 0.3 is 0 Å². The summed E-state index contributed by atoms with van der Waals surface area (Å²) in [5.41, 5.74) is 3.64. The van der Waals surface area contributed by atoms with Gasteiger partial charge in [-0.05, 0) is 67.4 Å². The molecule has 2 aliphatic carbocycles. The first-order valence-corrected chi connectivity index (χ1v) is 11.8. The minimum absolute atomic E-state index is 0. The average Bonchev–Trinajstić information content (AvgIpc) is 3.58. The number of hydrogen-bond acceptors (Lipinski definition) is 3. The zero-order valence-electron chi connectivity index (χ0n) is 18.8. The number of piperazine rings is 1. The van der Waals surface area contributed by atoms with Crippen molar-refractivity contribution in [3.8, 4) is 5.75 Å². The monoisotopic (exact) mass is 420 g/mol. The fourth-order valence-corrected chi connectivity index (χ4v) is 5.60. The SMILES string of the molecule is CCC1(CC)CCC(c2ccc(OC)cc2N2CCN(CC3CC3)CC2)CC1.Cl. The molecule has 0 amide bonds. The molecule has 0 aromatic heterocycles. The number of ether oxygens (including phenoxy) is 1. The Kier molecular flexibility index (Phi) is 7.78. The average molecular weight is 421 g/mol. The lowest BCUT2D eigenvalue weighted by molar-refractivity contribution is 0.159. The van der Waals surface area contributed by atoms with Crippen LogP contribution >= 0.6 is 12.4 Å². The Bertz CT molecular complexity index is 638. The molecule has 2 saturated carbocycles. The Balaban J connectivity index is 0.00000240. The number of hydrogen-bond donors (Lipinski definition) is 0. The highest BCUT2D eigenvalue weighted by atomic mass is 35.5. The molecule has 1 aliphatic heterocycles. The molecule has 1 aromatic carbocycles. The lowest BCUT2D eigenvalue weighted by Crippen LogP contribution is -2.47. The third-order valence-corrected chi connectivity index (χ3v) is 8.15. The maximum Gasteiger partial charge on any atom is 0.120 e. The lowest BCUT2D eigenvalue weighted by Gasteiger charge is -2.41. The van der Waals surface area contributed by atoms with Crippen LogP contribution in [-0.2, 0) is 0 Å². The standard InChI is InChI=1S/C25H40N2O.ClH/c1-4-25(5-2)12-10-21(11-13-25)23-9-8-22(28-3)18-24(23)27-16-14-26(15-17-27)19-20-6-7-20;/h8-9,18,20-21H,4-7,10-17,19H2,1-3H3;1H. The second kappa shape index (κ2) is 9.92. The Morgan fingerprint density at radius 1 is 0.966 bits per heavy atom. The van der Waals surface area contributed by atoms with E-state index in [2.05, 4.69) is 41.8 Å². The number of benzene rings is 1. The topological polar surface area (TPSA) is 15.7 Å². The van der Waals surface area contributed by atoms with E-state index < -0.39 is 0 Å². The van der Waals surface area contributed by atoms with Crippen molar-refractivity contribution in [2.75, 3.05) is 44.7 Å². The predicted octanol–water partition coefficient (Wildman–Crippen LogP) is 6.11. The molecule has 0 bridgehead atoms. The van der Waals surface area contributed by atoms with E-state index in [1.807, 2.05) is 0 Å². The van der Waals surface area contributed by atoms with Crippen LogP contribution in [0.3, 0.4) is 0 Å². The van der Waals surface area contributed by atoms with Gasteiger partial charge in [-0.25, -0.2) is 0 Å². The van der Waals surface area contributed by atoms with Crippen LogP contribution in [0.5, 0.6) is 5.75 Å². The fraction of sp³-hybridized carbons (Fsp3) is 0.760. The summed E-state index contributed by atoms with van der Waals surface area (Å²) in [6.45, 7) is 10.9. The second-order valence-electron chi connectivity index (χ2n) is 9.64. The van der Waals surface area contributed by atoms with Crippen molar-refractivity contribution < 1.29 is 4.74 Å². The predicted molar refractivity (Wildman–Crippen MR) is 126 cm³/mol. The molecule has 0 radical (unpaired) electrons. The van der Waals surface area contributed by atoms with Gasteiger partial charge in [0, 0.05) is 44.5 Å². The van der Waals surface area contributed by atoms with Crippen LogP contribution in [0.4, 0.5) is 5.69 Å². The van der Waals surface area contributed by atoms with Crippen molar-refractivity contribution in [2.45, 2.75) is 71.1 Å². The van der Waals surface area contributed by atoms with Gasteiger partial charge < -0.3 is 9.64 Å². The van der Waals surface area contributed by atoms with Gasteiger partial charge in [0.05, 0.1) is 7.11 Å². The van der Waals surface area contributed by atoms with E-state index in [4.69, 9.17) is 4.74 Å². The molecule has 0 spiro atoms. The van der Waals surface area contributed by atoms with Crippen LogP contribution in [0, 0.1) is 11.3 Å². The number of methoxy groups -OCH3 is 1. The lowest BCUT2D eigenvalue weighted by atomic mass is 9.66. The summed E-state index contributed by atoms with van der Waals surface area (Å²) in [6, 6.07) is 6.87. The van der Waals surface area contributed by atoms with Crippen molar-refractivity contribution in [2.24, 2.45) is 11.3 Å².